The molecule has 0 radical (unpaired) electrons. The summed E-state index contributed by atoms with van der Waals surface area (Å²) in [7, 11) is 1.76. The van der Waals surface area contributed by atoms with Crippen LogP contribution in [0.4, 0.5) is 11.8 Å². The smallest absolute Gasteiger partial charge is 0.224 e. The minimum Gasteiger partial charge on any atom is -0.394 e. The van der Waals surface area contributed by atoms with Gasteiger partial charge in [-0.2, -0.15) is 9.97 Å². The van der Waals surface area contributed by atoms with Gasteiger partial charge in [-0.3, -0.25) is 4.57 Å². The van der Waals surface area contributed by atoms with Crippen LogP contribution in [0.2, 0.25) is 0 Å². The van der Waals surface area contributed by atoms with Crippen LogP contribution in [0.15, 0.2) is 6.33 Å². The average molecular weight is 264 g/mol. The number of hydrogen-bond donors (Lipinski definition) is 3. The highest BCUT2D eigenvalue weighted by atomic mass is 16.5. The van der Waals surface area contributed by atoms with E-state index in [4.69, 9.17) is 15.6 Å². The van der Waals surface area contributed by atoms with Gasteiger partial charge in [0.2, 0.25) is 5.95 Å². The molecule has 0 unspecified atom stereocenters. The Morgan fingerprint density at radius 1 is 1.53 bits per heavy atom. The van der Waals surface area contributed by atoms with E-state index in [0.717, 1.165) is 12.8 Å². The van der Waals surface area contributed by atoms with Crippen LogP contribution in [0.25, 0.3) is 11.2 Å². The summed E-state index contributed by atoms with van der Waals surface area (Å²) in [4.78, 5) is 12.6. The van der Waals surface area contributed by atoms with Crippen molar-refractivity contribution in [3.05, 3.63) is 6.33 Å². The summed E-state index contributed by atoms with van der Waals surface area (Å²) in [6, 6.07) is 0. The molecule has 19 heavy (non-hydrogen) atoms. The molecule has 0 amide bonds. The van der Waals surface area contributed by atoms with Crippen molar-refractivity contribution in [3.63, 3.8) is 0 Å². The molecular weight excluding hydrogens is 248 g/mol. The van der Waals surface area contributed by atoms with Gasteiger partial charge in [0.15, 0.2) is 17.0 Å². The van der Waals surface area contributed by atoms with Gasteiger partial charge in [-0.05, 0) is 12.8 Å². The summed E-state index contributed by atoms with van der Waals surface area (Å²) < 4.78 is 7.56. The number of hydrogen-bond acceptors (Lipinski definition) is 7. The predicted octanol–water partition coefficient (Wildman–Crippen LogP) is 0.120. The van der Waals surface area contributed by atoms with Gasteiger partial charge in [0, 0.05) is 7.05 Å². The number of fused-ring (bicyclic) bond motifs is 1. The summed E-state index contributed by atoms with van der Waals surface area (Å²) in [5.74, 6) is 0.785. The first-order valence-corrected chi connectivity index (χ1v) is 6.17. The fourth-order valence-electron chi connectivity index (χ4n) is 2.34. The molecule has 1 aliphatic heterocycles. The highest BCUT2D eigenvalue weighted by Crippen LogP contribution is 2.31. The first-order valence-electron chi connectivity index (χ1n) is 6.17. The zero-order chi connectivity index (χ0) is 13.4. The molecular formula is C11H16N6O2. The fourth-order valence-corrected chi connectivity index (χ4v) is 2.34. The van der Waals surface area contributed by atoms with Gasteiger partial charge in [0.05, 0.1) is 19.0 Å². The zero-order valence-electron chi connectivity index (χ0n) is 10.6. The highest BCUT2D eigenvalue weighted by Gasteiger charge is 2.27. The Hall–Kier alpha value is -1.93. The number of aliphatic hydroxyl groups excluding tert-OH is 1. The van der Waals surface area contributed by atoms with Gasteiger partial charge >= 0.3 is 0 Å². The number of nitrogens with one attached hydrogen (secondary N) is 1. The molecule has 0 aromatic carbocycles. The third kappa shape index (κ3) is 1.98. The van der Waals surface area contributed by atoms with E-state index in [9.17, 15) is 0 Å². The fraction of sp³-hybridized carbons (Fsp3) is 0.545. The van der Waals surface area contributed by atoms with Gasteiger partial charge in [-0.15, -0.1) is 0 Å². The lowest BCUT2D eigenvalue weighted by Gasteiger charge is -2.14. The van der Waals surface area contributed by atoms with Gasteiger partial charge < -0.3 is 20.9 Å². The molecule has 3 rings (SSSR count). The van der Waals surface area contributed by atoms with Crippen molar-refractivity contribution >= 4 is 22.9 Å². The number of rotatable bonds is 3. The van der Waals surface area contributed by atoms with Crippen molar-refractivity contribution < 1.29 is 9.84 Å². The standard InChI is InChI=1S/C11H16N6O2/c1-13-9-8-10(16-11(12)15-9)17(5-14-8)7-3-2-6(4-18)19-7/h5-7,18H,2-4H2,1H3,(H3,12,13,15,16)/t6-,7+/m0/s1. The molecule has 1 fully saturated rings. The minimum atomic E-state index is -0.166. The number of nitrogens with zero attached hydrogens (tertiary/aromatic N) is 4. The lowest BCUT2D eigenvalue weighted by atomic mass is 10.2. The number of nitrogen functional groups attached to an aromatic ring is 1. The van der Waals surface area contributed by atoms with Crippen molar-refractivity contribution in [2.75, 3.05) is 24.7 Å². The van der Waals surface area contributed by atoms with Crippen LogP contribution in [0.3, 0.4) is 0 Å². The van der Waals surface area contributed by atoms with Crippen molar-refractivity contribution in [2.24, 2.45) is 0 Å². The first-order chi connectivity index (χ1) is 9.22. The summed E-state index contributed by atoms with van der Waals surface area (Å²) in [5, 5.41) is 12.1. The van der Waals surface area contributed by atoms with E-state index in [-0.39, 0.29) is 24.9 Å². The summed E-state index contributed by atoms with van der Waals surface area (Å²) in [5.41, 5.74) is 7.00. The molecule has 0 aliphatic carbocycles. The van der Waals surface area contributed by atoms with Crippen LogP contribution in [-0.4, -0.2) is 44.4 Å². The van der Waals surface area contributed by atoms with E-state index in [1.54, 1.807) is 13.4 Å². The Kier molecular flexibility index (Phi) is 2.96. The topological polar surface area (TPSA) is 111 Å². The Balaban J connectivity index is 2.03. The molecule has 3 heterocycles. The average Bonchev–Trinajstić information content (AvgIpc) is 3.03. The Morgan fingerprint density at radius 2 is 2.37 bits per heavy atom. The number of ether oxygens (including phenoxy) is 1. The van der Waals surface area contributed by atoms with Crippen LogP contribution < -0.4 is 11.1 Å². The molecule has 0 bridgehead atoms. The molecule has 102 valence electrons. The third-order valence-corrected chi connectivity index (χ3v) is 3.27. The van der Waals surface area contributed by atoms with Crippen LogP contribution >= 0.6 is 0 Å². The lowest BCUT2D eigenvalue weighted by Crippen LogP contribution is -2.14. The maximum atomic E-state index is 9.12. The maximum absolute atomic E-state index is 9.12. The predicted molar refractivity (Wildman–Crippen MR) is 69.5 cm³/mol. The summed E-state index contributed by atoms with van der Waals surface area (Å²) >= 11 is 0. The highest BCUT2D eigenvalue weighted by molar-refractivity contribution is 5.84. The van der Waals surface area contributed by atoms with E-state index in [1.165, 1.54) is 0 Å². The molecule has 0 saturated carbocycles. The van der Waals surface area contributed by atoms with E-state index in [2.05, 4.69) is 20.3 Å². The molecule has 1 aliphatic rings. The van der Waals surface area contributed by atoms with Crippen LogP contribution in [0, 0.1) is 0 Å². The quantitative estimate of drug-likeness (QED) is 0.722. The van der Waals surface area contributed by atoms with Crippen LogP contribution in [0.1, 0.15) is 19.1 Å². The monoisotopic (exact) mass is 264 g/mol. The molecule has 8 heteroatoms. The Labute approximate surface area is 109 Å². The van der Waals surface area contributed by atoms with Crippen molar-refractivity contribution in [2.45, 2.75) is 25.2 Å². The van der Waals surface area contributed by atoms with Crippen LogP contribution in [-0.2, 0) is 4.74 Å². The largest absolute Gasteiger partial charge is 0.394 e. The molecule has 8 nitrogen and oxygen atoms in total. The molecule has 2 atom stereocenters. The second-order valence-corrected chi connectivity index (χ2v) is 4.48. The SMILES string of the molecule is CNc1nc(N)nc2c1ncn2[C@H]1CC[C@@H](CO)O1. The number of nitrogens with two attached hydrogens (primary N) is 1. The van der Waals surface area contributed by atoms with Gasteiger partial charge in [-0.1, -0.05) is 0 Å². The van der Waals surface area contributed by atoms with Gasteiger partial charge in [0.1, 0.15) is 6.23 Å². The number of aliphatic hydroxyl groups is 1. The van der Waals surface area contributed by atoms with E-state index in [1.807, 2.05) is 4.57 Å². The molecule has 0 spiro atoms. The van der Waals surface area contributed by atoms with Crippen LogP contribution in [0.5, 0.6) is 0 Å². The summed E-state index contributed by atoms with van der Waals surface area (Å²) in [6.45, 7) is 0.0298. The van der Waals surface area contributed by atoms with Crippen molar-refractivity contribution in [3.8, 4) is 0 Å². The first kappa shape index (κ1) is 12.1. The number of anilines is 2. The number of imidazole rings is 1. The molecule has 2 aromatic heterocycles. The Bertz CT molecular complexity index is 598. The normalized spacial score (nSPS) is 23.1. The maximum Gasteiger partial charge on any atom is 0.224 e. The van der Waals surface area contributed by atoms with Crippen molar-refractivity contribution in [1.29, 1.82) is 0 Å². The van der Waals surface area contributed by atoms with Gasteiger partial charge in [0.25, 0.3) is 0 Å². The van der Waals surface area contributed by atoms with Gasteiger partial charge in [-0.25, -0.2) is 4.98 Å². The zero-order valence-corrected chi connectivity index (χ0v) is 10.6. The summed E-state index contributed by atoms with van der Waals surface area (Å²) in [6.07, 6.45) is 3.02. The van der Waals surface area contributed by atoms with E-state index >= 15 is 0 Å². The Morgan fingerprint density at radius 3 is 3.05 bits per heavy atom. The second kappa shape index (κ2) is 4.63. The minimum absolute atomic E-state index is 0.0298. The van der Waals surface area contributed by atoms with Crippen molar-refractivity contribution in [1.82, 2.24) is 19.5 Å². The molecule has 4 N–H and O–H groups in total. The lowest BCUT2D eigenvalue weighted by molar-refractivity contribution is -0.0207. The molecule has 1 saturated heterocycles. The molecule has 2 aromatic rings. The number of aromatic nitrogens is 4. The second-order valence-electron chi connectivity index (χ2n) is 4.48. The van der Waals surface area contributed by atoms with E-state index in [0.29, 0.717) is 17.0 Å². The van der Waals surface area contributed by atoms with E-state index < -0.39 is 0 Å². The third-order valence-electron chi connectivity index (χ3n) is 3.27.